The quantitative estimate of drug-likeness (QED) is 0.723. The zero-order chi connectivity index (χ0) is 12.7. The van der Waals surface area contributed by atoms with Crippen molar-refractivity contribution in [1.82, 2.24) is 0 Å². The van der Waals surface area contributed by atoms with E-state index in [1.807, 2.05) is 13.8 Å². The lowest BCUT2D eigenvalue weighted by Crippen LogP contribution is -2.27. The minimum atomic E-state index is -0.188. The van der Waals surface area contributed by atoms with Crippen molar-refractivity contribution in [2.24, 2.45) is 0 Å². The van der Waals surface area contributed by atoms with Crippen LogP contribution in [0.25, 0.3) is 0 Å². The van der Waals surface area contributed by atoms with Crippen LogP contribution >= 0.6 is 11.6 Å². The SMILES string of the molecule is Cc1c(N)cc(Cl)c2c1N(C)C(=O)CC(C)O2. The molecule has 1 unspecified atom stereocenters. The molecule has 0 radical (unpaired) electrons. The molecular formula is C12H15ClN2O2. The van der Waals surface area contributed by atoms with E-state index in [9.17, 15) is 4.79 Å². The van der Waals surface area contributed by atoms with Gasteiger partial charge < -0.3 is 15.4 Å². The molecule has 4 nitrogen and oxygen atoms in total. The largest absolute Gasteiger partial charge is 0.486 e. The lowest BCUT2D eigenvalue weighted by atomic mass is 10.1. The number of rotatable bonds is 0. The first kappa shape index (κ1) is 12.0. The number of nitrogens with zero attached hydrogens (tertiary/aromatic N) is 1. The lowest BCUT2D eigenvalue weighted by molar-refractivity contribution is -0.119. The molecule has 0 saturated heterocycles. The van der Waals surface area contributed by atoms with Crippen LogP contribution in [0.1, 0.15) is 18.9 Å². The number of nitrogen functional groups attached to an aromatic ring is 1. The van der Waals surface area contributed by atoms with E-state index in [0.29, 0.717) is 28.6 Å². The van der Waals surface area contributed by atoms with Crippen LogP contribution in [0.5, 0.6) is 5.75 Å². The normalized spacial score (nSPS) is 19.6. The summed E-state index contributed by atoms with van der Waals surface area (Å²) in [7, 11) is 1.71. The number of nitrogens with two attached hydrogens (primary N) is 1. The monoisotopic (exact) mass is 254 g/mol. The van der Waals surface area contributed by atoms with Gasteiger partial charge in [-0.15, -0.1) is 0 Å². The number of carbonyl (C=O) groups excluding carboxylic acids is 1. The van der Waals surface area contributed by atoms with Crippen LogP contribution in [0.4, 0.5) is 11.4 Å². The Morgan fingerprint density at radius 1 is 1.59 bits per heavy atom. The van der Waals surface area contributed by atoms with E-state index < -0.39 is 0 Å². The molecular weight excluding hydrogens is 240 g/mol. The molecule has 2 N–H and O–H groups in total. The van der Waals surface area contributed by atoms with Gasteiger partial charge in [0.25, 0.3) is 0 Å². The molecule has 1 aliphatic heterocycles. The summed E-state index contributed by atoms with van der Waals surface area (Å²) in [6.07, 6.45) is 0.146. The van der Waals surface area contributed by atoms with Gasteiger partial charge in [0, 0.05) is 12.7 Å². The maximum absolute atomic E-state index is 11.9. The van der Waals surface area contributed by atoms with Gasteiger partial charge in [0.15, 0.2) is 5.75 Å². The molecule has 17 heavy (non-hydrogen) atoms. The number of anilines is 2. The van der Waals surface area contributed by atoms with Crippen LogP contribution in [-0.2, 0) is 4.79 Å². The van der Waals surface area contributed by atoms with E-state index >= 15 is 0 Å². The Kier molecular flexibility index (Phi) is 2.91. The van der Waals surface area contributed by atoms with Crippen molar-refractivity contribution < 1.29 is 9.53 Å². The second-order valence-electron chi connectivity index (χ2n) is 4.34. The van der Waals surface area contributed by atoms with Crippen molar-refractivity contribution in [3.05, 3.63) is 16.7 Å². The van der Waals surface area contributed by atoms with Gasteiger partial charge in [-0.05, 0) is 25.5 Å². The standard InChI is InChI=1S/C12H15ClN2O2/c1-6-4-10(16)15(3)11-7(2)9(14)5-8(13)12(11)17-6/h5-6H,4,14H2,1-3H3. The van der Waals surface area contributed by atoms with Crippen molar-refractivity contribution in [3.63, 3.8) is 0 Å². The van der Waals surface area contributed by atoms with Crippen LogP contribution in [0.3, 0.4) is 0 Å². The first-order valence-corrected chi connectivity index (χ1v) is 5.81. The fraction of sp³-hybridized carbons (Fsp3) is 0.417. The second-order valence-corrected chi connectivity index (χ2v) is 4.74. The van der Waals surface area contributed by atoms with Crippen molar-refractivity contribution in [2.45, 2.75) is 26.4 Å². The van der Waals surface area contributed by atoms with Gasteiger partial charge in [0.2, 0.25) is 5.91 Å². The number of halogens is 1. The van der Waals surface area contributed by atoms with Gasteiger partial charge in [-0.1, -0.05) is 11.6 Å². The molecule has 5 heteroatoms. The lowest BCUT2D eigenvalue weighted by Gasteiger charge is -2.21. The third kappa shape index (κ3) is 1.93. The molecule has 1 atom stereocenters. The minimum absolute atomic E-state index is 0.000941. The summed E-state index contributed by atoms with van der Waals surface area (Å²) >= 11 is 6.13. The van der Waals surface area contributed by atoms with Gasteiger partial charge in [0.05, 0.1) is 17.1 Å². The van der Waals surface area contributed by atoms with Crippen molar-refractivity contribution in [3.8, 4) is 5.75 Å². The van der Waals surface area contributed by atoms with E-state index in [4.69, 9.17) is 22.1 Å². The molecule has 1 amide bonds. The van der Waals surface area contributed by atoms with E-state index in [1.165, 1.54) is 0 Å². The van der Waals surface area contributed by atoms with E-state index in [0.717, 1.165) is 5.56 Å². The topological polar surface area (TPSA) is 55.6 Å². The summed E-state index contributed by atoms with van der Waals surface area (Å²) in [4.78, 5) is 13.5. The second kappa shape index (κ2) is 4.11. The summed E-state index contributed by atoms with van der Waals surface area (Å²) < 4.78 is 5.71. The zero-order valence-corrected chi connectivity index (χ0v) is 10.8. The number of hydrogen-bond donors (Lipinski definition) is 1. The first-order valence-electron chi connectivity index (χ1n) is 5.43. The molecule has 0 aliphatic carbocycles. The van der Waals surface area contributed by atoms with Gasteiger partial charge in [-0.25, -0.2) is 0 Å². The van der Waals surface area contributed by atoms with Crippen LogP contribution < -0.4 is 15.4 Å². The predicted molar refractivity (Wildman–Crippen MR) is 68.7 cm³/mol. The fourth-order valence-corrected chi connectivity index (χ4v) is 2.25. The Balaban J connectivity index is 2.69. The Bertz CT molecular complexity index is 488. The summed E-state index contributed by atoms with van der Waals surface area (Å²) in [5.74, 6) is 0.542. The summed E-state index contributed by atoms with van der Waals surface area (Å²) in [6, 6.07) is 1.66. The molecule has 1 aromatic carbocycles. The molecule has 0 fully saturated rings. The van der Waals surface area contributed by atoms with E-state index in [-0.39, 0.29) is 12.0 Å². The maximum Gasteiger partial charge on any atom is 0.230 e. The van der Waals surface area contributed by atoms with Crippen molar-refractivity contribution in [1.29, 1.82) is 0 Å². The van der Waals surface area contributed by atoms with Crippen LogP contribution in [0.2, 0.25) is 5.02 Å². The number of hydrogen-bond acceptors (Lipinski definition) is 3. The predicted octanol–water partition coefficient (Wildman–Crippen LogP) is 2.36. The summed E-state index contributed by atoms with van der Waals surface area (Å²) in [5.41, 5.74) is 7.91. The summed E-state index contributed by atoms with van der Waals surface area (Å²) in [5, 5.41) is 0.441. The zero-order valence-electron chi connectivity index (χ0n) is 10.1. The fourth-order valence-electron chi connectivity index (χ4n) is 2.00. The highest BCUT2D eigenvalue weighted by Crippen LogP contribution is 2.43. The Hall–Kier alpha value is -1.42. The number of amides is 1. The molecule has 1 heterocycles. The third-order valence-corrected chi connectivity index (χ3v) is 3.27. The van der Waals surface area contributed by atoms with Crippen LogP contribution in [-0.4, -0.2) is 19.1 Å². The Labute approximate surface area is 105 Å². The van der Waals surface area contributed by atoms with Crippen LogP contribution in [0.15, 0.2) is 6.07 Å². The highest BCUT2D eigenvalue weighted by Gasteiger charge is 2.28. The first-order chi connectivity index (χ1) is 7.91. The number of carbonyl (C=O) groups is 1. The molecule has 0 spiro atoms. The smallest absolute Gasteiger partial charge is 0.230 e. The van der Waals surface area contributed by atoms with Gasteiger partial charge >= 0.3 is 0 Å². The van der Waals surface area contributed by atoms with Crippen molar-refractivity contribution in [2.75, 3.05) is 17.7 Å². The highest BCUT2D eigenvalue weighted by molar-refractivity contribution is 6.33. The number of benzene rings is 1. The van der Waals surface area contributed by atoms with Gasteiger partial charge in [0.1, 0.15) is 6.10 Å². The van der Waals surface area contributed by atoms with E-state index in [1.54, 1.807) is 18.0 Å². The number of fused-ring (bicyclic) bond motifs is 1. The Morgan fingerprint density at radius 3 is 2.88 bits per heavy atom. The third-order valence-electron chi connectivity index (χ3n) is 2.99. The average Bonchev–Trinajstić information content (AvgIpc) is 2.35. The molecule has 1 aromatic rings. The molecule has 0 aromatic heterocycles. The average molecular weight is 255 g/mol. The Morgan fingerprint density at radius 2 is 2.24 bits per heavy atom. The number of ether oxygens (including phenoxy) is 1. The molecule has 1 aliphatic rings. The van der Waals surface area contributed by atoms with Gasteiger partial charge in [-0.2, -0.15) is 0 Å². The molecule has 0 bridgehead atoms. The molecule has 92 valence electrons. The van der Waals surface area contributed by atoms with Gasteiger partial charge in [-0.3, -0.25) is 4.79 Å². The molecule has 2 rings (SSSR count). The molecule has 0 saturated carbocycles. The van der Waals surface area contributed by atoms with E-state index in [2.05, 4.69) is 0 Å². The van der Waals surface area contributed by atoms with Crippen molar-refractivity contribution >= 4 is 28.9 Å². The maximum atomic E-state index is 11.9. The van der Waals surface area contributed by atoms with Crippen LogP contribution in [0, 0.1) is 6.92 Å². The highest BCUT2D eigenvalue weighted by atomic mass is 35.5. The minimum Gasteiger partial charge on any atom is -0.486 e. The summed E-state index contributed by atoms with van der Waals surface area (Å²) in [6.45, 7) is 3.70.